The molecule has 1 aromatic heterocycles. The highest BCUT2D eigenvalue weighted by atomic mass is 35.5. The van der Waals surface area contributed by atoms with Gasteiger partial charge in [0.2, 0.25) is 0 Å². The second-order valence-corrected chi connectivity index (χ2v) is 8.32. The van der Waals surface area contributed by atoms with Gasteiger partial charge in [0.1, 0.15) is 11.6 Å². The molecule has 1 aliphatic rings. The topological polar surface area (TPSA) is 82.4 Å². The molecule has 7 nitrogen and oxygen atoms in total. The van der Waals surface area contributed by atoms with Crippen molar-refractivity contribution in [3.8, 4) is 0 Å². The number of urea groups is 1. The van der Waals surface area contributed by atoms with Gasteiger partial charge in [-0.2, -0.15) is 5.10 Å². The smallest absolute Gasteiger partial charge is 0.321 e. The number of rotatable bonds is 8. The van der Waals surface area contributed by atoms with Crippen molar-refractivity contribution in [1.29, 1.82) is 0 Å². The molecule has 0 radical (unpaired) electrons. The molecule has 0 atom stereocenters. The lowest BCUT2D eigenvalue weighted by molar-refractivity contribution is 0.154. The number of hydrogen-bond acceptors (Lipinski definition) is 4. The molecule has 0 saturated carbocycles. The Kier molecular flexibility index (Phi) is 7.87. The predicted molar refractivity (Wildman–Crippen MR) is 113 cm³/mol. The summed E-state index contributed by atoms with van der Waals surface area (Å²) in [4.78, 5) is 14.1. The van der Waals surface area contributed by atoms with Crippen molar-refractivity contribution >= 4 is 23.4 Å². The maximum absolute atomic E-state index is 13.4. The van der Waals surface area contributed by atoms with Crippen LogP contribution < -0.4 is 10.6 Å². The number of anilines is 1. The van der Waals surface area contributed by atoms with Crippen molar-refractivity contribution in [2.24, 2.45) is 5.41 Å². The summed E-state index contributed by atoms with van der Waals surface area (Å²) in [6.45, 7) is 11.4. The summed E-state index contributed by atoms with van der Waals surface area (Å²) in [5.74, 6) is 0.110. The number of nitrogens with one attached hydrogen (secondary N) is 2. The van der Waals surface area contributed by atoms with Crippen molar-refractivity contribution in [2.75, 3.05) is 25.0 Å². The van der Waals surface area contributed by atoms with Gasteiger partial charge in [0.15, 0.2) is 0 Å². The Bertz CT molecular complexity index is 816. The Hall–Kier alpha value is -2.32. The first-order valence-electron chi connectivity index (χ1n) is 9.47. The van der Waals surface area contributed by atoms with Crippen LogP contribution in [0.3, 0.4) is 0 Å². The van der Waals surface area contributed by atoms with Crippen LogP contribution in [0.15, 0.2) is 41.4 Å². The van der Waals surface area contributed by atoms with Gasteiger partial charge in [-0.15, -0.1) is 0 Å². The fourth-order valence-corrected chi connectivity index (χ4v) is 2.78. The number of aromatic nitrogens is 2. The molecule has 1 aliphatic heterocycles. The summed E-state index contributed by atoms with van der Waals surface area (Å²) in [5, 5.41) is 19.7. The highest BCUT2D eigenvalue weighted by Gasteiger charge is 2.23. The zero-order valence-electron chi connectivity index (χ0n) is 17.1. The first-order chi connectivity index (χ1) is 13.6. The molecule has 0 bridgehead atoms. The van der Waals surface area contributed by atoms with Gasteiger partial charge in [-0.3, -0.25) is 4.68 Å². The molecule has 29 heavy (non-hydrogen) atoms. The first kappa shape index (κ1) is 23.0. The molecule has 0 saturated heterocycles. The van der Waals surface area contributed by atoms with Crippen molar-refractivity contribution in [3.05, 3.63) is 47.0 Å². The maximum atomic E-state index is 13.4. The van der Waals surface area contributed by atoms with E-state index in [9.17, 15) is 14.3 Å². The summed E-state index contributed by atoms with van der Waals surface area (Å²) < 4.78 is 15.2. The van der Waals surface area contributed by atoms with Crippen LogP contribution in [-0.2, 0) is 13.1 Å². The van der Waals surface area contributed by atoms with Gasteiger partial charge in [-0.25, -0.2) is 9.18 Å². The van der Waals surface area contributed by atoms with E-state index in [1.165, 1.54) is 6.08 Å². The van der Waals surface area contributed by atoms with E-state index in [1.807, 2.05) is 24.6 Å². The van der Waals surface area contributed by atoms with Crippen molar-refractivity contribution in [1.82, 2.24) is 20.0 Å². The minimum absolute atomic E-state index is 0.134. The zero-order valence-corrected chi connectivity index (χ0v) is 17.9. The third-order valence-corrected chi connectivity index (χ3v) is 4.84. The fraction of sp³-hybridized carbons (Fsp3) is 0.500. The Morgan fingerprint density at radius 1 is 1.45 bits per heavy atom. The van der Waals surface area contributed by atoms with E-state index in [0.717, 1.165) is 24.0 Å². The Balaban J connectivity index is 1.91. The lowest BCUT2D eigenvalue weighted by Crippen LogP contribution is -2.43. The van der Waals surface area contributed by atoms with E-state index in [1.54, 1.807) is 11.8 Å². The van der Waals surface area contributed by atoms with Gasteiger partial charge in [0.05, 0.1) is 23.8 Å². The monoisotopic (exact) mass is 425 g/mol. The van der Waals surface area contributed by atoms with Crippen molar-refractivity contribution < 1.29 is 14.3 Å². The summed E-state index contributed by atoms with van der Waals surface area (Å²) >= 11 is 5.46. The largest absolute Gasteiger partial charge is 0.396 e. The van der Waals surface area contributed by atoms with E-state index in [-0.39, 0.29) is 23.1 Å². The molecule has 2 heterocycles. The Labute approximate surface area is 175 Å². The van der Waals surface area contributed by atoms with Crippen LogP contribution in [0.5, 0.6) is 0 Å². The summed E-state index contributed by atoms with van der Waals surface area (Å²) in [6.07, 6.45) is 3.41. The molecular formula is C20H29ClFN5O2. The molecule has 9 heteroatoms. The standard InChI is InChI=1S/C20H29ClFN5O2/c1-14(5-6-17(22)15(2)21)24-19(29)26-9-10-27-16(12-26)11-18(25-27)23-8-7-20(3,4)13-28/h5-6,11,28H,2,7-10,12-13H2,1,3-4H3,(H,23,25)(H,24,29)/b14-5+,17-6+. The summed E-state index contributed by atoms with van der Waals surface area (Å²) in [7, 11) is 0. The zero-order chi connectivity index (χ0) is 21.6. The lowest BCUT2D eigenvalue weighted by Gasteiger charge is -2.27. The average Bonchev–Trinajstić information content (AvgIpc) is 3.07. The van der Waals surface area contributed by atoms with Gasteiger partial charge in [-0.05, 0) is 30.9 Å². The molecular weight excluding hydrogens is 397 g/mol. The number of halogens is 2. The second-order valence-electron chi connectivity index (χ2n) is 7.86. The van der Waals surface area contributed by atoms with Gasteiger partial charge in [-0.1, -0.05) is 32.0 Å². The number of amides is 2. The van der Waals surface area contributed by atoms with Crippen molar-refractivity contribution in [3.63, 3.8) is 0 Å². The number of hydrogen-bond donors (Lipinski definition) is 3. The van der Waals surface area contributed by atoms with Gasteiger partial charge in [0, 0.05) is 31.5 Å². The number of carbonyl (C=O) groups is 1. The highest BCUT2D eigenvalue weighted by Crippen LogP contribution is 2.20. The minimum atomic E-state index is -0.649. The van der Waals surface area contributed by atoms with Gasteiger partial charge < -0.3 is 20.6 Å². The third kappa shape index (κ3) is 6.90. The molecule has 2 rings (SSSR count). The molecule has 160 valence electrons. The minimum Gasteiger partial charge on any atom is -0.396 e. The molecule has 0 fully saturated rings. The third-order valence-electron chi connectivity index (χ3n) is 4.66. The van der Waals surface area contributed by atoms with Crippen LogP contribution in [0.1, 0.15) is 32.9 Å². The molecule has 2 amide bonds. The maximum Gasteiger partial charge on any atom is 0.321 e. The average molecular weight is 426 g/mol. The fourth-order valence-electron chi connectivity index (χ4n) is 2.71. The lowest BCUT2D eigenvalue weighted by atomic mass is 9.91. The van der Waals surface area contributed by atoms with E-state index in [2.05, 4.69) is 22.3 Å². The van der Waals surface area contributed by atoms with Crippen LogP contribution in [0, 0.1) is 5.41 Å². The molecule has 1 aromatic rings. The van der Waals surface area contributed by atoms with E-state index in [0.29, 0.717) is 31.9 Å². The van der Waals surface area contributed by atoms with Gasteiger partial charge >= 0.3 is 6.03 Å². The molecule has 3 N–H and O–H groups in total. The Morgan fingerprint density at radius 3 is 2.83 bits per heavy atom. The van der Waals surface area contributed by atoms with Crippen LogP contribution in [-0.4, -0.2) is 45.5 Å². The van der Waals surface area contributed by atoms with Crippen molar-refractivity contribution in [2.45, 2.75) is 40.3 Å². The first-order valence-corrected chi connectivity index (χ1v) is 9.85. The van der Waals surface area contributed by atoms with E-state index in [4.69, 9.17) is 11.6 Å². The van der Waals surface area contributed by atoms with Gasteiger partial charge in [0.25, 0.3) is 0 Å². The number of aliphatic hydroxyl groups excluding tert-OH is 1. The number of allylic oxidation sites excluding steroid dienone is 5. The van der Waals surface area contributed by atoms with E-state index >= 15 is 0 Å². The number of nitrogens with zero attached hydrogens (tertiary/aromatic N) is 3. The van der Waals surface area contributed by atoms with E-state index < -0.39 is 5.83 Å². The van der Waals surface area contributed by atoms with Crippen LogP contribution >= 0.6 is 11.6 Å². The van der Waals surface area contributed by atoms with Crippen LogP contribution in [0.4, 0.5) is 15.0 Å². The molecule has 0 aliphatic carbocycles. The predicted octanol–water partition coefficient (Wildman–Crippen LogP) is 3.74. The van der Waals surface area contributed by atoms with Crippen LogP contribution in [0.25, 0.3) is 0 Å². The molecule has 0 unspecified atom stereocenters. The van der Waals surface area contributed by atoms with Crippen LogP contribution in [0.2, 0.25) is 0 Å². The summed E-state index contributed by atoms with van der Waals surface area (Å²) in [5.41, 5.74) is 1.29. The summed E-state index contributed by atoms with van der Waals surface area (Å²) in [6, 6.07) is 1.67. The molecule has 0 aromatic carbocycles. The number of aliphatic hydroxyl groups is 1. The normalized spacial score (nSPS) is 15.2. The SMILES string of the molecule is C=C(Cl)/C(F)=C\C=C(/C)NC(=O)N1CCn2nc(NCCC(C)(C)CO)cc2C1. The quantitative estimate of drug-likeness (QED) is 0.554. The number of fused-ring (bicyclic) bond motifs is 1. The highest BCUT2D eigenvalue weighted by molar-refractivity contribution is 6.31. The Morgan fingerprint density at radius 2 is 2.17 bits per heavy atom. The number of carbonyl (C=O) groups excluding carboxylic acids is 1. The second kappa shape index (κ2) is 9.93. The molecule has 0 spiro atoms.